The van der Waals surface area contributed by atoms with Crippen LogP contribution in [-0.2, 0) is 0 Å². The summed E-state index contributed by atoms with van der Waals surface area (Å²) in [5, 5.41) is 0. The van der Waals surface area contributed by atoms with Crippen LogP contribution < -0.4 is 0 Å². The predicted octanol–water partition coefficient (Wildman–Crippen LogP) is 1.03. The summed E-state index contributed by atoms with van der Waals surface area (Å²) in [5.41, 5.74) is 6.75. The number of allylic oxidation sites excluding steroid dienone is 1. The molecule has 0 heteroatoms. The Bertz CT molecular complexity index is 185. The Labute approximate surface area is 43.2 Å². The van der Waals surface area contributed by atoms with Crippen LogP contribution >= 0.6 is 0 Å². The Balaban J connectivity index is 4.27. The molecule has 0 aromatic rings. The van der Waals surface area contributed by atoms with Gasteiger partial charge < -0.3 is 0 Å². The molecule has 0 rings (SSSR count). The van der Waals surface area contributed by atoms with Crippen molar-refractivity contribution in [1.29, 1.82) is 0 Å². The fourth-order valence-electron chi connectivity index (χ4n) is 0.114. The predicted molar refractivity (Wildman–Crippen MR) is 26.5 cm³/mol. The van der Waals surface area contributed by atoms with Crippen molar-refractivity contribution in [2.24, 2.45) is 0 Å². The zero-order valence-corrected chi connectivity index (χ0v) is 3.65. The molecule has 0 unspecified atom stereocenters. The molecule has 0 aromatic carbocycles. The molecule has 0 fully saturated rings. The van der Waals surface area contributed by atoms with E-state index in [9.17, 15) is 0 Å². The molecular formula is C7H2. The standard InChI is InChI=1S/C7H2/c1-3-5-7-6-4-2/h1,6H. The molecule has 0 aliphatic heterocycles. The van der Waals surface area contributed by atoms with E-state index in [4.69, 9.17) is 13.0 Å². The zero-order valence-electron chi connectivity index (χ0n) is 3.65. The molecule has 0 aliphatic rings. The van der Waals surface area contributed by atoms with Gasteiger partial charge in [0.2, 0.25) is 0 Å². The molecule has 0 bridgehead atoms. The van der Waals surface area contributed by atoms with E-state index in [0.717, 1.165) is 0 Å². The van der Waals surface area contributed by atoms with Gasteiger partial charge in [0.1, 0.15) is 0 Å². The SMILES string of the molecule is [C+]#CC=C=C=C=[CH-]. The van der Waals surface area contributed by atoms with Gasteiger partial charge in [0, 0.05) is 0 Å². The maximum absolute atomic E-state index is 6.30. The fourth-order valence-corrected chi connectivity index (χ4v) is 0.114. The topological polar surface area (TPSA) is 0 Å². The number of rotatable bonds is 0. The van der Waals surface area contributed by atoms with Gasteiger partial charge in [-0.3, -0.25) is 0 Å². The van der Waals surface area contributed by atoms with E-state index in [1.807, 2.05) is 5.92 Å². The van der Waals surface area contributed by atoms with Crippen molar-refractivity contribution in [1.82, 2.24) is 0 Å². The minimum atomic E-state index is 1.25. The van der Waals surface area contributed by atoms with Gasteiger partial charge in [0.05, 0.1) is 0 Å². The quantitative estimate of drug-likeness (QED) is 0.234. The summed E-state index contributed by atoms with van der Waals surface area (Å²) in [6.45, 7) is 4.74. The molecule has 0 heterocycles. The normalized spacial score (nSPS) is 4.29. The van der Waals surface area contributed by atoms with Crippen molar-refractivity contribution >= 4 is 0 Å². The molecule has 7 heavy (non-hydrogen) atoms. The summed E-state index contributed by atoms with van der Waals surface area (Å²) >= 11 is 0. The van der Waals surface area contributed by atoms with Crippen molar-refractivity contribution < 1.29 is 0 Å². The van der Waals surface area contributed by atoms with Crippen LogP contribution in [0, 0.1) is 18.9 Å². The first-order valence-corrected chi connectivity index (χ1v) is 1.62. The summed E-state index contributed by atoms with van der Waals surface area (Å²) < 4.78 is 0. The van der Waals surface area contributed by atoms with E-state index in [0.29, 0.717) is 0 Å². The van der Waals surface area contributed by atoms with E-state index in [2.05, 4.69) is 17.2 Å². The summed E-state index contributed by atoms with van der Waals surface area (Å²) in [6.07, 6.45) is 7.55. The van der Waals surface area contributed by atoms with Crippen LogP contribution in [0.5, 0.6) is 0 Å². The van der Waals surface area contributed by atoms with Gasteiger partial charge in [-0.2, -0.15) is 0 Å². The summed E-state index contributed by atoms with van der Waals surface area (Å²) in [5.74, 6) is 1.96. The molecule has 0 spiro atoms. The van der Waals surface area contributed by atoms with Gasteiger partial charge in [-0.15, -0.1) is 0 Å². The molecule has 0 amide bonds. The summed E-state index contributed by atoms with van der Waals surface area (Å²) in [6, 6.07) is 0. The number of hydrogen-bond donors (Lipinski definition) is 0. The third-order valence-electron chi connectivity index (χ3n) is 0.289. The Morgan fingerprint density at radius 3 is 2.71 bits per heavy atom. The van der Waals surface area contributed by atoms with Gasteiger partial charge in [-0.25, -0.2) is 0 Å². The molecule has 0 radical (unpaired) electrons. The second kappa shape index (κ2) is 4.86. The summed E-state index contributed by atoms with van der Waals surface area (Å²) in [7, 11) is 0. The second-order valence-electron chi connectivity index (χ2n) is 0.702. The van der Waals surface area contributed by atoms with E-state index >= 15 is 0 Å². The fraction of sp³-hybridized carbons (Fsp3) is 0. The van der Waals surface area contributed by atoms with Crippen molar-refractivity contribution in [2.45, 2.75) is 0 Å². The van der Waals surface area contributed by atoms with E-state index < -0.39 is 0 Å². The Morgan fingerprint density at radius 2 is 2.29 bits per heavy atom. The Morgan fingerprint density at radius 1 is 1.57 bits per heavy atom. The molecule has 0 N–H and O–H groups in total. The van der Waals surface area contributed by atoms with Gasteiger partial charge in [0.25, 0.3) is 0 Å². The first kappa shape index (κ1) is 5.86. The molecule has 0 saturated heterocycles. The van der Waals surface area contributed by atoms with Crippen molar-refractivity contribution in [2.75, 3.05) is 0 Å². The maximum atomic E-state index is 6.30. The molecule has 0 saturated carbocycles. The van der Waals surface area contributed by atoms with Gasteiger partial charge in [0.15, 0.2) is 0 Å². The van der Waals surface area contributed by atoms with Gasteiger partial charge in [-0.1, -0.05) is 0 Å². The first-order valence-electron chi connectivity index (χ1n) is 1.62. The van der Waals surface area contributed by atoms with Crippen molar-refractivity contribution in [3.63, 3.8) is 0 Å². The molecular weight excluding hydrogens is 84.1 g/mol. The minimum absolute atomic E-state index is 1.25. The molecule has 30 valence electrons. The van der Waals surface area contributed by atoms with Crippen LogP contribution in [-0.4, -0.2) is 0 Å². The van der Waals surface area contributed by atoms with Crippen LogP contribution in [0.15, 0.2) is 23.3 Å². The molecule has 0 aromatic heterocycles. The van der Waals surface area contributed by atoms with Crippen molar-refractivity contribution in [3.8, 4) is 5.92 Å². The third kappa shape index (κ3) is 4.86. The van der Waals surface area contributed by atoms with Crippen LogP contribution in [0.1, 0.15) is 0 Å². The number of hydrogen-bond acceptors (Lipinski definition) is 0. The van der Waals surface area contributed by atoms with E-state index in [1.165, 1.54) is 6.08 Å². The second-order valence-corrected chi connectivity index (χ2v) is 0.702. The summed E-state index contributed by atoms with van der Waals surface area (Å²) in [4.78, 5) is 0. The molecule has 0 nitrogen and oxygen atoms in total. The zero-order chi connectivity index (χ0) is 5.54. The monoisotopic (exact) mass is 86.0 g/mol. The van der Waals surface area contributed by atoms with Crippen molar-refractivity contribution in [3.05, 3.63) is 36.3 Å². The van der Waals surface area contributed by atoms with Gasteiger partial charge in [-0.05, 0) is 0 Å². The van der Waals surface area contributed by atoms with E-state index in [1.54, 1.807) is 0 Å². The van der Waals surface area contributed by atoms with Crippen LogP contribution in [0.4, 0.5) is 0 Å². The Kier molecular flexibility index (Phi) is 4.07. The van der Waals surface area contributed by atoms with Crippen LogP contribution in [0.25, 0.3) is 0 Å². The Hall–Kier alpha value is -1.14. The van der Waals surface area contributed by atoms with Gasteiger partial charge >= 0.3 is 42.2 Å². The average molecular weight is 86.1 g/mol. The molecule has 0 atom stereocenters. The van der Waals surface area contributed by atoms with Crippen LogP contribution in [0.2, 0.25) is 0 Å². The van der Waals surface area contributed by atoms with Crippen LogP contribution in [0.3, 0.4) is 0 Å². The average Bonchev–Trinajstić information content (AvgIpc) is 1.69. The third-order valence-corrected chi connectivity index (χ3v) is 0.289. The first-order chi connectivity index (χ1) is 3.41. The molecule has 0 aliphatic carbocycles. The van der Waals surface area contributed by atoms with E-state index in [-0.39, 0.29) is 0 Å².